The van der Waals surface area contributed by atoms with E-state index in [1.807, 2.05) is 62.9 Å². The molecule has 0 fully saturated rings. The molecule has 0 aliphatic rings. The summed E-state index contributed by atoms with van der Waals surface area (Å²) < 4.78 is 0. The topological polar surface area (TPSA) is 32.7 Å². The van der Waals surface area contributed by atoms with Crippen molar-refractivity contribution in [2.75, 3.05) is 0 Å². The highest BCUT2D eigenvalue weighted by atomic mass is 32.1. The molecule has 0 heterocycles. The first-order valence-corrected chi connectivity index (χ1v) is 7.29. The van der Waals surface area contributed by atoms with E-state index in [1.54, 1.807) is 6.92 Å². The van der Waals surface area contributed by atoms with E-state index in [-0.39, 0.29) is 11.8 Å². The molecular formula is C16H24N2OS. The van der Waals surface area contributed by atoms with Gasteiger partial charge in [0, 0.05) is 19.5 Å². The van der Waals surface area contributed by atoms with Crippen LogP contribution in [0.5, 0.6) is 0 Å². The third kappa shape index (κ3) is 5.00. The van der Waals surface area contributed by atoms with Crippen molar-refractivity contribution >= 4 is 24.2 Å². The number of rotatable bonds is 5. The van der Waals surface area contributed by atoms with Crippen LogP contribution in [0.3, 0.4) is 0 Å². The predicted octanol–water partition coefficient (Wildman–Crippen LogP) is 3.55. The van der Waals surface area contributed by atoms with E-state index in [0.29, 0.717) is 12.4 Å². The molecule has 0 aliphatic carbocycles. The van der Waals surface area contributed by atoms with Crippen LogP contribution in [0.25, 0.3) is 0 Å². The molecule has 0 saturated heterocycles. The Hall–Kier alpha value is -1.29. The van der Waals surface area contributed by atoms with Crippen LogP contribution < -0.4 is 0 Å². The van der Waals surface area contributed by atoms with Gasteiger partial charge in [-0.1, -0.05) is 30.3 Å². The van der Waals surface area contributed by atoms with Gasteiger partial charge in [-0.3, -0.25) is 9.79 Å². The second-order valence-corrected chi connectivity index (χ2v) is 6.76. The molecule has 4 heteroatoms. The number of thiol groups is 1. The van der Waals surface area contributed by atoms with Crippen LogP contribution >= 0.6 is 12.6 Å². The number of carbonyl (C=O) groups excluding carboxylic acids is 1. The first kappa shape index (κ1) is 16.8. The molecule has 0 aromatic heterocycles. The average molecular weight is 292 g/mol. The lowest BCUT2D eigenvalue weighted by Crippen LogP contribution is -2.46. The summed E-state index contributed by atoms with van der Waals surface area (Å²) >= 11 is 4.63. The Balaban J connectivity index is 3.15. The monoisotopic (exact) mass is 292 g/mol. The highest BCUT2D eigenvalue weighted by molar-refractivity contribution is 7.81. The Morgan fingerprint density at radius 2 is 1.85 bits per heavy atom. The lowest BCUT2D eigenvalue weighted by molar-refractivity contribution is -0.112. The third-order valence-corrected chi connectivity index (χ3v) is 3.04. The molecule has 1 aromatic rings. The van der Waals surface area contributed by atoms with Crippen molar-refractivity contribution in [3.63, 3.8) is 0 Å². The lowest BCUT2D eigenvalue weighted by atomic mass is 10.1. The summed E-state index contributed by atoms with van der Waals surface area (Å²) in [5.41, 5.74) is 1.13. The van der Waals surface area contributed by atoms with Crippen LogP contribution in [-0.4, -0.2) is 27.4 Å². The predicted molar refractivity (Wildman–Crippen MR) is 88.3 cm³/mol. The molecule has 0 atom stereocenters. The molecular weight excluding hydrogens is 268 g/mol. The SMILES string of the molecule is CC(=O)/C(=N/C(C)C)N(Cc1ccccc1)C(C)(C)S. The highest BCUT2D eigenvalue weighted by Crippen LogP contribution is 2.23. The number of ketones is 1. The summed E-state index contributed by atoms with van der Waals surface area (Å²) in [6.07, 6.45) is 0. The minimum atomic E-state index is -0.463. The van der Waals surface area contributed by atoms with Gasteiger partial charge in [0.15, 0.2) is 11.6 Å². The average Bonchev–Trinajstić information content (AvgIpc) is 2.33. The van der Waals surface area contributed by atoms with E-state index >= 15 is 0 Å². The quantitative estimate of drug-likeness (QED) is 0.389. The van der Waals surface area contributed by atoms with Gasteiger partial charge in [-0.15, -0.1) is 0 Å². The van der Waals surface area contributed by atoms with Gasteiger partial charge in [0.05, 0.1) is 4.87 Å². The molecule has 0 radical (unpaired) electrons. The zero-order valence-corrected chi connectivity index (χ0v) is 13.8. The summed E-state index contributed by atoms with van der Waals surface area (Å²) in [5, 5.41) is 0. The standard InChI is InChI=1S/C16H24N2OS/c1-12(2)17-15(13(3)19)18(16(4,5)20)11-14-9-7-6-8-10-14/h6-10,12,20H,11H2,1-5H3/b17-15-. The van der Waals surface area contributed by atoms with Crippen molar-refractivity contribution in [3.8, 4) is 0 Å². The molecule has 0 aliphatic heterocycles. The molecule has 0 spiro atoms. The minimum Gasteiger partial charge on any atom is -0.336 e. The van der Waals surface area contributed by atoms with E-state index in [9.17, 15) is 4.79 Å². The molecule has 110 valence electrons. The molecule has 0 bridgehead atoms. The van der Waals surface area contributed by atoms with Gasteiger partial charge < -0.3 is 4.90 Å². The van der Waals surface area contributed by atoms with Gasteiger partial charge in [-0.2, -0.15) is 12.6 Å². The van der Waals surface area contributed by atoms with E-state index < -0.39 is 4.87 Å². The molecule has 1 aromatic carbocycles. The Kier molecular flexibility index (Phi) is 5.81. The number of amidine groups is 1. The maximum Gasteiger partial charge on any atom is 0.194 e. The molecule has 20 heavy (non-hydrogen) atoms. The number of hydrogen-bond donors (Lipinski definition) is 1. The van der Waals surface area contributed by atoms with E-state index in [4.69, 9.17) is 0 Å². The third-order valence-electron chi connectivity index (χ3n) is 2.80. The van der Waals surface area contributed by atoms with E-state index in [1.165, 1.54) is 0 Å². The summed E-state index contributed by atoms with van der Waals surface area (Å²) in [4.78, 5) is 17.9. The molecule has 1 rings (SSSR count). The maximum absolute atomic E-state index is 12.0. The fourth-order valence-electron chi connectivity index (χ4n) is 1.89. The van der Waals surface area contributed by atoms with Crippen LogP contribution in [-0.2, 0) is 11.3 Å². The van der Waals surface area contributed by atoms with Gasteiger partial charge in [-0.05, 0) is 33.3 Å². The van der Waals surface area contributed by atoms with Crippen molar-refractivity contribution in [1.82, 2.24) is 4.90 Å². The van der Waals surface area contributed by atoms with Crippen LogP contribution in [0.4, 0.5) is 0 Å². The summed E-state index contributed by atoms with van der Waals surface area (Å²) in [5.74, 6) is 0.459. The molecule has 0 amide bonds. The van der Waals surface area contributed by atoms with E-state index in [2.05, 4.69) is 17.6 Å². The van der Waals surface area contributed by atoms with Gasteiger partial charge in [-0.25, -0.2) is 0 Å². The highest BCUT2D eigenvalue weighted by Gasteiger charge is 2.28. The smallest absolute Gasteiger partial charge is 0.194 e. The Bertz CT molecular complexity index is 475. The van der Waals surface area contributed by atoms with Crippen molar-refractivity contribution < 1.29 is 4.79 Å². The first-order chi connectivity index (χ1) is 9.21. The summed E-state index contributed by atoms with van der Waals surface area (Å²) in [7, 11) is 0. The Morgan fingerprint density at radius 1 is 1.30 bits per heavy atom. The largest absolute Gasteiger partial charge is 0.336 e. The first-order valence-electron chi connectivity index (χ1n) is 6.84. The van der Waals surface area contributed by atoms with Crippen molar-refractivity contribution in [3.05, 3.63) is 35.9 Å². The van der Waals surface area contributed by atoms with Crippen molar-refractivity contribution in [2.45, 2.75) is 52.1 Å². The Labute approximate surface area is 127 Å². The Morgan fingerprint density at radius 3 is 2.25 bits per heavy atom. The molecule has 0 saturated carbocycles. The van der Waals surface area contributed by atoms with Gasteiger partial charge >= 0.3 is 0 Å². The maximum atomic E-state index is 12.0. The lowest BCUT2D eigenvalue weighted by Gasteiger charge is -2.37. The van der Waals surface area contributed by atoms with Crippen LogP contribution in [0.2, 0.25) is 0 Å². The number of carbonyl (C=O) groups is 1. The van der Waals surface area contributed by atoms with Crippen molar-refractivity contribution in [1.29, 1.82) is 0 Å². The van der Waals surface area contributed by atoms with Gasteiger partial charge in [0.25, 0.3) is 0 Å². The molecule has 3 nitrogen and oxygen atoms in total. The molecule has 0 unspecified atom stereocenters. The van der Waals surface area contributed by atoms with Crippen LogP contribution in [0.1, 0.15) is 40.2 Å². The fourth-order valence-corrected chi connectivity index (χ4v) is 2.05. The fraction of sp³-hybridized carbons (Fsp3) is 0.500. The van der Waals surface area contributed by atoms with E-state index in [0.717, 1.165) is 5.56 Å². The minimum absolute atomic E-state index is 0.0308. The number of benzene rings is 1. The van der Waals surface area contributed by atoms with Gasteiger partial charge in [0.2, 0.25) is 0 Å². The number of Topliss-reactive ketones (excluding diaryl/α,β-unsaturated/α-hetero) is 1. The van der Waals surface area contributed by atoms with Crippen LogP contribution in [0, 0.1) is 0 Å². The number of aliphatic imine (C=N–C) groups is 1. The second-order valence-electron chi connectivity index (χ2n) is 5.67. The summed E-state index contributed by atoms with van der Waals surface area (Å²) in [6, 6.07) is 10.1. The zero-order valence-electron chi connectivity index (χ0n) is 12.9. The van der Waals surface area contributed by atoms with Crippen molar-refractivity contribution in [2.24, 2.45) is 4.99 Å². The zero-order chi connectivity index (χ0) is 15.3. The summed E-state index contributed by atoms with van der Waals surface area (Å²) in [6.45, 7) is 10.0. The molecule has 0 N–H and O–H groups in total. The van der Waals surface area contributed by atoms with Gasteiger partial charge in [0.1, 0.15) is 0 Å². The second kappa shape index (κ2) is 6.93. The number of hydrogen-bond acceptors (Lipinski definition) is 3. The number of nitrogens with zero attached hydrogens (tertiary/aromatic N) is 2. The normalized spacial score (nSPS) is 12.7. The van der Waals surface area contributed by atoms with Crippen LogP contribution in [0.15, 0.2) is 35.3 Å².